The Labute approximate surface area is 128 Å². The predicted molar refractivity (Wildman–Crippen MR) is 82.4 cm³/mol. The van der Waals surface area contributed by atoms with Gasteiger partial charge in [0.2, 0.25) is 5.88 Å². The van der Waals surface area contributed by atoms with Gasteiger partial charge < -0.3 is 15.2 Å². The number of nitrogens with one attached hydrogen (secondary N) is 1. The second kappa shape index (κ2) is 6.15. The molecule has 0 atom stereocenters. The Kier molecular flexibility index (Phi) is 4.06. The molecule has 0 radical (unpaired) electrons. The highest BCUT2D eigenvalue weighted by molar-refractivity contribution is 6.14. The molecule has 0 aliphatic carbocycles. The zero-order valence-electron chi connectivity index (χ0n) is 12.5. The summed E-state index contributed by atoms with van der Waals surface area (Å²) < 4.78 is 12.5. The minimum Gasteiger partial charge on any atom is -0.480 e. The van der Waals surface area contributed by atoms with E-state index in [1.54, 1.807) is 18.5 Å². The number of hydrogen-bond acceptors (Lipinski definition) is 6. The largest absolute Gasteiger partial charge is 0.480 e. The van der Waals surface area contributed by atoms with Crippen LogP contribution in [0.15, 0.2) is 24.7 Å². The standard InChI is InChI=1S/C15H19N5O2/c1-21-15-13(12(16)2-5-18-15)14(17)10-8-19-20(9-10)11-3-6-22-7-4-11/h2,5,8-9,11,17H,3-4,6-7H2,1H3,(H2,16,18). The molecule has 1 aliphatic rings. The van der Waals surface area contributed by atoms with E-state index >= 15 is 0 Å². The van der Waals surface area contributed by atoms with E-state index in [4.69, 9.17) is 20.6 Å². The van der Waals surface area contributed by atoms with Crippen molar-refractivity contribution < 1.29 is 9.47 Å². The number of anilines is 1. The van der Waals surface area contributed by atoms with Gasteiger partial charge in [0.25, 0.3) is 0 Å². The molecule has 2 aromatic rings. The quantitative estimate of drug-likeness (QED) is 0.836. The van der Waals surface area contributed by atoms with Crippen LogP contribution >= 0.6 is 0 Å². The fourth-order valence-corrected chi connectivity index (χ4v) is 2.62. The van der Waals surface area contributed by atoms with E-state index in [1.165, 1.54) is 7.11 Å². The number of ether oxygens (including phenoxy) is 2. The highest BCUT2D eigenvalue weighted by Crippen LogP contribution is 2.26. The molecule has 3 N–H and O–H groups in total. The second-order valence-corrected chi connectivity index (χ2v) is 5.21. The van der Waals surface area contributed by atoms with E-state index < -0.39 is 0 Å². The number of nitrogens with two attached hydrogens (primary N) is 1. The Bertz CT molecular complexity index is 676. The molecule has 7 nitrogen and oxygen atoms in total. The Morgan fingerprint density at radius 2 is 2.23 bits per heavy atom. The first-order valence-corrected chi connectivity index (χ1v) is 7.20. The van der Waals surface area contributed by atoms with Gasteiger partial charge >= 0.3 is 0 Å². The monoisotopic (exact) mass is 301 g/mol. The molecule has 1 aliphatic heterocycles. The first-order chi connectivity index (χ1) is 10.7. The minimum absolute atomic E-state index is 0.265. The lowest BCUT2D eigenvalue weighted by Crippen LogP contribution is -2.19. The Balaban J connectivity index is 1.88. The van der Waals surface area contributed by atoms with E-state index in [9.17, 15) is 0 Å². The van der Waals surface area contributed by atoms with Crippen molar-refractivity contribution in [3.63, 3.8) is 0 Å². The van der Waals surface area contributed by atoms with Crippen molar-refractivity contribution in [3.8, 4) is 5.88 Å². The maximum atomic E-state index is 8.41. The van der Waals surface area contributed by atoms with Gasteiger partial charge in [0.1, 0.15) is 0 Å². The van der Waals surface area contributed by atoms with Crippen LogP contribution in [0.1, 0.15) is 30.0 Å². The van der Waals surface area contributed by atoms with E-state index in [0.29, 0.717) is 28.7 Å². The molecule has 7 heteroatoms. The number of nitrogens with zero attached hydrogens (tertiary/aromatic N) is 3. The molecule has 2 aromatic heterocycles. The molecule has 116 valence electrons. The lowest BCUT2D eigenvalue weighted by atomic mass is 10.1. The van der Waals surface area contributed by atoms with Crippen LogP contribution in [0.5, 0.6) is 5.88 Å². The van der Waals surface area contributed by atoms with Crippen LogP contribution in [0.3, 0.4) is 0 Å². The van der Waals surface area contributed by atoms with Gasteiger partial charge in [-0.1, -0.05) is 0 Å². The van der Waals surface area contributed by atoms with Crippen LogP contribution in [-0.2, 0) is 4.74 Å². The fraction of sp³-hybridized carbons (Fsp3) is 0.400. The third kappa shape index (κ3) is 2.67. The van der Waals surface area contributed by atoms with Crippen LogP contribution in [0.2, 0.25) is 0 Å². The fourth-order valence-electron chi connectivity index (χ4n) is 2.62. The van der Waals surface area contributed by atoms with Crippen LogP contribution in [0.4, 0.5) is 5.69 Å². The van der Waals surface area contributed by atoms with Crippen molar-refractivity contribution in [1.29, 1.82) is 5.41 Å². The van der Waals surface area contributed by atoms with Crippen molar-refractivity contribution in [1.82, 2.24) is 14.8 Å². The first-order valence-electron chi connectivity index (χ1n) is 7.20. The molecule has 0 aromatic carbocycles. The van der Waals surface area contributed by atoms with Crippen molar-refractivity contribution in [3.05, 3.63) is 35.8 Å². The summed E-state index contributed by atoms with van der Waals surface area (Å²) in [4.78, 5) is 4.11. The molecule has 1 saturated heterocycles. The zero-order chi connectivity index (χ0) is 15.5. The summed E-state index contributed by atoms with van der Waals surface area (Å²) in [6.45, 7) is 1.50. The second-order valence-electron chi connectivity index (χ2n) is 5.21. The van der Waals surface area contributed by atoms with E-state index in [0.717, 1.165) is 26.1 Å². The van der Waals surface area contributed by atoms with Crippen molar-refractivity contribution >= 4 is 11.4 Å². The lowest BCUT2D eigenvalue weighted by Gasteiger charge is -2.22. The molecule has 22 heavy (non-hydrogen) atoms. The van der Waals surface area contributed by atoms with Crippen molar-refractivity contribution in [2.24, 2.45) is 0 Å². The number of pyridine rings is 1. The van der Waals surface area contributed by atoms with Gasteiger partial charge in [-0.2, -0.15) is 5.10 Å². The maximum Gasteiger partial charge on any atom is 0.224 e. The Morgan fingerprint density at radius 1 is 1.45 bits per heavy atom. The Hall–Kier alpha value is -2.41. The highest BCUT2D eigenvalue weighted by Gasteiger charge is 2.20. The summed E-state index contributed by atoms with van der Waals surface area (Å²) in [7, 11) is 1.52. The first kappa shape index (κ1) is 14.5. The number of methoxy groups -OCH3 is 1. The number of nitrogen functional groups attached to an aromatic ring is 1. The van der Waals surface area contributed by atoms with E-state index in [1.807, 2.05) is 10.9 Å². The summed E-state index contributed by atoms with van der Waals surface area (Å²) in [5, 5.41) is 12.8. The summed E-state index contributed by atoms with van der Waals surface area (Å²) >= 11 is 0. The van der Waals surface area contributed by atoms with Gasteiger partial charge in [-0.25, -0.2) is 4.98 Å². The van der Waals surface area contributed by atoms with E-state index in [2.05, 4.69) is 10.1 Å². The summed E-state index contributed by atoms with van der Waals surface area (Å²) in [6.07, 6.45) is 7.00. The van der Waals surface area contributed by atoms with Crippen molar-refractivity contribution in [2.75, 3.05) is 26.1 Å². The molecular formula is C15H19N5O2. The van der Waals surface area contributed by atoms with Crippen LogP contribution in [0.25, 0.3) is 0 Å². The van der Waals surface area contributed by atoms with Crippen LogP contribution in [0, 0.1) is 5.41 Å². The van der Waals surface area contributed by atoms with Gasteiger partial charge in [-0.3, -0.25) is 10.1 Å². The summed E-state index contributed by atoms with van der Waals surface area (Å²) in [5.74, 6) is 0.351. The summed E-state index contributed by atoms with van der Waals surface area (Å²) in [6, 6.07) is 1.98. The van der Waals surface area contributed by atoms with Gasteiger partial charge in [0, 0.05) is 36.9 Å². The maximum absolute atomic E-state index is 8.41. The van der Waals surface area contributed by atoms with E-state index in [-0.39, 0.29) is 5.71 Å². The highest BCUT2D eigenvalue weighted by atomic mass is 16.5. The smallest absolute Gasteiger partial charge is 0.224 e. The molecule has 3 heterocycles. The minimum atomic E-state index is 0.265. The Morgan fingerprint density at radius 3 is 2.95 bits per heavy atom. The molecular weight excluding hydrogens is 282 g/mol. The van der Waals surface area contributed by atoms with Gasteiger partial charge in [-0.05, 0) is 18.9 Å². The molecule has 0 saturated carbocycles. The molecule has 0 unspecified atom stereocenters. The molecule has 1 fully saturated rings. The van der Waals surface area contributed by atoms with Crippen LogP contribution in [-0.4, -0.2) is 40.8 Å². The lowest BCUT2D eigenvalue weighted by molar-refractivity contribution is 0.0662. The third-order valence-corrected chi connectivity index (χ3v) is 3.85. The van der Waals surface area contributed by atoms with Gasteiger partial charge in [0.05, 0.1) is 30.6 Å². The van der Waals surface area contributed by atoms with Gasteiger partial charge in [0.15, 0.2) is 0 Å². The average molecular weight is 301 g/mol. The number of rotatable bonds is 4. The topological polar surface area (TPSA) is 99.0 Å². The number of aromatic nitrogens is 3. The average Bonchev–Trinajstić information content (AvgIpc) is 3.05. The summed E-state index contributed by atoms with van der Waals surface area (Å²) in [5.41, 5.74) is 7.91. The SMILES string of the molecule is COc1nccc(N)c1C(=N)c1cnn(C2CCOCC2)c1. The molecule has 3 rings (SSSR count). The zero-order valence-corrected chi connectivity index (χ0v) is 12.5. The third-order valence-electron chi connectivity index (χ3n) is 3.85. The van der Waals surface area contributed by atoms with Gasteiger partial charge in [-0.15, -0.1) is 0 Å². The predicted octanol–water partition coefficient (Wildman–Crippen LogP) is 1.64. The normalized spacial score (nSPS) is 15.7. The molecule has 0 bridgehead atoms. The van der Waals surface area contributed by atoms with Crippen molar-refractivity contribution in [2.45, 2.75) is 18.9 Å². The van der Waals surface area contributed by atoms with Crippen LogP contribution < -0.4 is 10.5 Å². The molecule has 0 amide bonds. The number of hydrogen-bond donors (Lipinski definition) is 2. The molecule has 0 spiro atoms.